The minimum absolute atomic E-state index is 0.0720. The largest absolute Gasteiger partial charge is 0.497 e. The summed E-state index contributed by atoms with van der Waals surface area (Å²) >= 11 is 0. The molecule has 2 aliphatic heterocycles. The Hall–Kier alpha value is -6.08. The molecule has 0 bridgehead atoms. The van der Waals surface area contributed by atoms with Crippen molar-refractivity contribution in [3.63, 3.8) is 0 Å². The lowest BCUT2D eigenvalue weighted by Gasteiger charge is -2.29. The summed E-state index contributed by atoms with van der Waals surface area (Å²) in [4.78, 5) is 0. The number of hydrazine groups is 2. The molecule has 2 unspecified atom stereocenters. The van der Waals surface area contributed by atoms with Gasteiger partial charge in [0, 0.05) is 5.57 Å². The number of ether oxygens (including phenoxy) is 3. The van der Waals surface area contributed by atoms with Gasteiger partial charge in [0.05, 0.1) is 56.2 Å². The molecule has 7 rings (SSSR count). The van der Waals surface area contributed by atoms with Crippen molar-refractivity contribution in [3.8, 4) is 17.2 Å². The second-order valence-electron chi connectivity index (χ2n) is 11.6. The van der Waals surface area contributed by atoms with E-state index in [1.54, 1.807) is 21.3 Å². The third-order valence-electron chi connectivity index (χ3n) is 8.68. The van der Waals surface area contributed by atoms with Gasteiger partial charge in [-0.25, -0.2) is 0 Å². The number of hydrogen-bond acceptors (Lipinski definition) is 7. The maximum absolute atomic E-state index is 5.47. The maximum atomic E-state index is 5.47. The Labute approximate surface area is 281 Å². The Morgan fingerprint density at radius 3 is 1.25 bits per heavy atom. The summed E-state index contributed by atoms with van der Waals surface area (Å²) in [5.74, 6) is 2.46. The fourth-order valence-electron chi connectivity index (χ4n) is 6.13. The minimum atomic E-state index is -0.0720. The van der Waals surface area contributed by atoms with Crippen LogP contribution in [0.5, 0.6) is 17.2 Å². The molecule has 0 radical (unpaired) electrons. The lowest BCUT2D eigenvalue weighted by Crippen LogP contribution is -2.37. The van der Waals surface area contributed by atoms with Crippen molar-refractivity contribution in [2.75, 3.05) is 31.3 Å². The second-order valence-corrected chi connectivity index (χ2v) is 11.6. The van der Waals surface area contributed by atoms with Crippen LogP contribution >= 0.6 is 0 Å². The molecule has 7 heteroatoms. The van der Waals surface area contributed by atoms with E-state index in [9.17, 15) is 0 Å². The summed E-state index contributed by atoms with van der Waals surface area (Å²) in [6.07, 6.45) is 6.80. The number of para-hydroxylation sites is 2. The molecular weight excluding hydrogens is 596 g/mol. The van der Waals surface area contributed by atoms with Crippen molar-refractivity contribution in [1.29, 1.82) is 0 Å². The van der Waals surface area contributed by atoms with Crippen LogP contribution in [-0.4, -0.2) is 21.3 Å². The van der Waals surface area contributed by atoms with Gasteiger partial charge in [-0.1, -0.05) is 72.8 Å². The third kappa shape index (κ3) is 6.31. The molecule has 7 nitrogen and oxygen atoms in total. The average molecular weight is 635 g/mol. The molecular formula is C41H38N4O3. The molecule has 240 valence electrons. The van der Waals surface area contributed by atoms with Gasteiger partial charge in [0.25, 0.3) is 0 Å². The first-order valence-electron chi connectivity index (χ1n) is 15.9. The summed E-state index contributed by atoms with van der Waals surface area (Å²) in [5.41, 5.74) is 16.0. The first-order chi connectivity index (χ1) is 23.6. The number of hydrogen-bond donors (Lipinski definition) is 2. The summed E-state index contributed by atoms with van der Waals surface area (Å²) in [6.45, 7) is 0. The normalized spacial score (nSPS) is 16.7. The van der Waals surface area contributed by atoms with Crippen molar-refractivity contribution in [2.24, 2.45) is 0 Å². The molecule has 2 heterocycles. The number of nitrogens with zero attached hydrogens (tertiary/aromatic N) is 2. The zero-order valence-electron chi connectivity index (χ0n) is 27.2. The van der Waals surface area contributed by atoms with Gasteiger partial charge in [0.2, 0.25) is 0 Å². The average Bonchev–Trinajstić information content (AvgIpc) is 3.81. The van der Waals surface area contributed by atoms with E-state index in [4.69, 9.17) is 14.2 Å². The number of rotatable bonds is 10. The molecule has 0 saturated heterocycles. The quantitative estimate of drug-likeness (QED) is 0.160. The minimum Gasteiger partial charge on any atom is -0.497 e. The monoisotopic (exact) mass is 634 g/mol. The second kappa shape index (κ2) is 13.7. The van der Waals surface area contributed by atoms with Crippen LogP contribution in [-0.2, 0) is 0 Å². The lowest BCUT2D eigenvalue weighted by atomic mass is 9.99. The molecule has 0 fully saturated rings. The Kier molecular flexibility index (Phi) is 8.74. The van der Waals surface area contributed by atoms with Crippen LogP contribution in [0, 0.1) is 0 Å². The standard InChI is InChI=1S/C41H38N4O3/c1-46-34-20-14-29(15-21-34)26-37(38-27-40(30-16-22-35(47-2)23-17-30)44(42-38)32-10-6-4-7-11-32)39-28-41(31-18-24-36(48-3)25-19-31)45(43-39)33-12-8-5-9-13-33/h4-28,40-43H,1-3H3. The van der Waals surface area contributed by atoms with Gasteiger partial charge < -0.3 is 14.2 Å². The van der Waals surface area contributed by atoms with E-state index in [1.165, 1.54) is 0 Å². The first-order valence-corrected chi connectivity index (χ1v) is 15.9. The molecule has 48 heavy (non-hydrogen) atoms. The maximum Gasteiger partial charge on any atom is 0.118 e. The fourth-order valence-corrected chi connectivity index (χ4v) is 6.13. The zero-order chi connectivity index (χ0) is 32.9. The van der Waals surface area contributed by atoms with E-state index in [1.807, 2.05) is 48.5 Å². The number of nitrogens with one attached hydrogen (secondary N) is 2. The number of methoxy groups -OCH3 is 3. The third-order valence-corrected chi connectivity index (χ3v) is 8.68. The van der Waals surface area contributed by atoms with Crippen LogP contribution < -0.4 is 35.1 Å². The molecule has 0 amide bonds. The van der Waals surface area contributed by atoms with Gasteiger partial charge in [-0.2, -0.15) is 0 Å². The Balaban J connectivity index is 1.35. The predicted octanol–water partition coefficient (Wildman–Crippen LogP) is 8.40. The van der Waals surface area contributed by atoms with Crippen molar-refractivity contribution in [3.05, 3.63) is 179 Å². The molecule has 0 spiro atoms. The van der Waals surface area contributed by atoms with E-state index < -0.39 is 0 Å². The number of benzene rings is 5. The molecule has 2 atom stereocenters. The predicted molar refractivity (Wildman–Crippen MR) is 193 cm³/mol. The van der Waals surface area contributed by atoms with Crippen LogP contribution in [0.4, 0.5) is 11.4 Å². The SMILES string of the molecule is COc1ccc(C=C(C2=CC(c3ccc(OC)cc3)N(c3ccccc3)N2)C2=CC(c3ccc(OC)cc3)N(c3ccccc3)N2)cc1. The van der Waals surface area contributed by atoms with E-state index in [2.05, 4.69) is 124 Å². The van der Waals surface area contributed by atoms with E-state index in [0.29, 0.717) is 0 Å². The topological polar surface area (TPSA) is 58.2 Å². The molecule has 2 N–H and O–H groups in total. The number of anilines is 2. The van der Waals surface area contributed by atoms with Gasteiger partial charge in [0.15, 0.2) is 0 Å². The van der Waals surface area contributed by atoms with Gasteiger partial charge in [-0.15, -0.1) is 0 Å². The summed E-state index contributed by atoms with van der Waals surface area (Å²) in [6, 6.07) is 45.3. The smallest absolute Gasteiger partial charge is 0.118 e. The Morgan fingerprint density at radius 2 is 0.875 bits per heavy atom. The van der Waals surface area contributed by atoms with Gasteiger partial charge in [-0.3, -0.25) is 20.9 Å². The highest BCUT2D eigenvalue weighted by molar-refractivity contribution is 5.70. The van der Waals surface area contributed by atoms with E-state index in [-0.39, 0.29) is 12.1 Å². The lowest BCUT2D eigenvalue weighted by molar-refractivity contribution is 0.414. The first kappa shape index (κ1) is 30.6. The molecule has 0 aromatic heterocycles. The van der Waals surface area contributed by atoms with E-state index in [0.717, 1.165) is 62.3 Å². The van der Waals surface area contributed by atoms with Crippen LogP contribution in [0.2, 0.25) is 0 Å². The van der Waals surface area contributed by atoms with Crippen LogP contribution in [0.15, 0.2) is 163 Å². The highest BCUT2D eigenvalue weighted by Crippen LogP contribution is 2.40. The van der Waals surface area contributed by atoms with Gasteiger partial charge >= 0.3 is 0 Å². The van der Waals surface area contributed by atoms with Crippen molar-refractivity contribution in [1.82, 2.24) is 10.9 Å². The zero-order valence-corrected chi connectivity index (χ0v) is 27.2. The van der Waals surface area contributed by atoms with Gasteiger partial charge in [-0.05, 0) is 95.6 Å². The van der Waals surface area contributed by atoms with Crippen LogP contribution in [0.1, 0.15) is 28.8 Å². The molecule has 0 saturated carbocycles. The molecule has 0 aliphatic carbocycles. The van der Waals surface area contributed by atoms with E-state index >= 15 is 0 Å². The summed E-state index contributed by atoms with van der Waals surface area (Å²) < 4.78 is 16.4. The Bertz CT molecular complexity index is 1800. The summed E-state index contributed by atoms with van der Waals surface area (Å²) in [5, 5.41) is 4.43. The molecule has 2 aliphatic rings. The van der Waals surface area contributed by atoms with Crippen molar-refractivity contribution in [2.45, 2.75) is 12.1 Å². The molecule has 5 aromatic rings. The molecule has 5 aromatic carbocycles. The fraction of sp³-hybridized carbons (Fsp3) is 0.122. The summed E-state index contributed by atoms with van der Waals surface area (Å²) in [7, 11) is 5.07. The highest BCUT2D eigenvalue weighted by Gasteiger charge is 2.33. The van der Waals surface area contributed by atoms with Gasteiger partial charge in [0.1, 0.15) is 17.2 Å². The van der Waals surface area contributed by atoms with Crippen LogP contribution in [0.25, 0.3) is 6.08 Å². The van der Waals surface area contributed by atoms with Crippen molar-refractivity contribution >= 4 is 17.5 Å². The van der Waals surface area contributed by atoms with Crippen molar-refractivity contribution < 1.29 is 14.2 Å². The highest BCUT2D eigenvalue weighted by atomic mass is 16.5. The van der Waals surface area contributed by atoms with Crippen LogP contribution in [0.3, 0.4) is 0 Å². The Morgan fingerprint density at radius 1 is 0.500 bits per heavy atom.